The summed E-state index contributed by atoms with van der Waals surface area (Å²) >= 11 is 0. The third kappa shape index (κ3) is 10.6. The summed E-state index contributed by atoms with van der Waals surface area (Å²) in [4.78, 5) is -1.02. The lowest BCUT2D eigenvalue weighted by Gasteiger charge is -2.11. The second kappa shape index (κ2) is 17.6. The minimum absolute atomic E-state index is 0.0622. The monoisotopic (exact) mass is 872 g/mol. The lowest BCUT2D eigenvalue weighted by molar-refractivity contribution is 0.472. The number of nitrogens with zero attached hydrogens (tertiary/aromatic N) is 4. The molecule has 20 nitrogen and oxygen atoms in total. The zero-order valence-electron chi connectivity index (χ0n) is 29.5. The van der Waals surface area contributed by atoms with Gasteiger partial charge in [-0.1, -0.05) is 30.3 Å². The minimum Gasteiger partial charge on any atom is -0.505 e. The van der Waals surface area contributed by atoms with Gasteiger partial charge in [0, 0.05) is 22.1 Å². The summed E-state index contributed by atoms with van der Waals surface area (Å²) in [7, 11) is -15.5. The maximum atomic E-state index is 12.2. The number of aromatic hydroxyl groups is 2. The van der Waals surface area contributed by atoms with Gasteiger partial charge in [-0.3, -0.25) is 9.11 Å². The van der Waals surface area contributed by atoms with Crippen molar-refractivity contribution >= 4 is 97.1 Å². The third-order valence-corrected chi connectivity index (χ3v) is 9.71. The second-order valence-electron chi connectivity index (χ2n) is 11.8. The molecule has 302 valence electrons. The molecule has 0 amide bonds. The van der Waals surface area contributed by atoms with Gasteiger partial charge in [-0.15, -0.1) is 35.5 Å². The van der Waals surface area contributed by atoms with Crippen LogP contribution in [0.15, 0.2) is 115 Å². The van der Waals surface area contributed by atoms with Crippen LogP contribution in [0.5, 0.6) is 11.5 Å². The highest BCUT2D eigenvalue weighted by Crippen LogP contribution is 2.44. The quantitative estimate of drug-likeness (QED) is 0.0593. The number of phenols is 2. The van der Waals surface area contributed by atoms with E-state index in [1.807, 2.05) is 25.1 Å². The van der Waals surface area contributed by atoms with E-state index in [1.54, 1.807) is 37.3 Å². The van der Waals surface area contributed by atoms with Crippen molar-refractivity contribution in [2.24, 2.45) is 20.5 Å². The van der Waals surface area contributed by atoms with Gasteiger partial charge in [0.1, 0.15) is 16.3 Å². The van der Waals surface area contributed by atoms with E-state index in [0.29, 0.717) is 22.3 Å². The van der Waals surface area contributed by atoms with E-state index in [1.165, 1.54) is 30.3 Å². The molecular weight excluding hydrogens is 845 g/mol. The van der Waals surface area contributed by atoms with Crippen LogP contribution in [-0.4, -0.2) is 61.4 Å². The average molecular weight is 873 g/mol. The van der Waals surface area contributed by atoms with Crippen molar-refractivity contribution in [2.45, 2.75) is 23.6 Å². The van der Waals surface area contributed by atoms with Crippen molar-refractivity contribution in [3.05, 3.63) is 96.1 Å². The molecule has 24 heteroatoms. The van der Waals surface area contributed by atoms with Gasteiger partial charge in [0.05, 0.1) is 16.3 Å². The third-order valence-electron chi connectivity index (χ3n) is 8.01. The topological polar surface area (TPSA) is 353 Å². The molecule has 0 unspecified atom stereocenters. The van der Waals surface area contributed by atoms with Crippen molar-refractivity contribution in [3.8, 4) is 22.6 Å². The van der Waals surface area contributed by atoms with E-state index >= 15 is 0 Å². The summed E-state index contributed by atoms with van der Waals surface area (Å²) in [6, 6.07) is 21.8. The largest absolute Gasteiger partial charge is 0.505 e. The van der Waals surface area contributed by atoms with Crippen LogP contribution in [0.3, 0.4) is 0 Å². The number of fused-ring (bicyclic) bond motifs is 2. The summed E-state index contributed by atoms with van der Waals surface area (Å²) in [5.74, 6) is -0.838. The zero-order valence-corrected chi connectivity index (χ0v) is 32.8. The molecule has 0 spiro atoms. The molecule has 6 aromatic rings. The van der Waals surface area contributed by atoms with Gasteiger partial charge in [0.15, 0.2) is 11.5 Å². The van der Waals surface area contributed by atoms with E-state index in [9.17, 15) is 36.2 Å². The van der Waals surface area contributed by atoms with Crippen molar-refractivity contribution < 1.29 is 61.4 Å². The first-order chi connectivity index (χ1) is 27.0. The van der Waals surface area contributed by atoms with Crippen LogP contribution >= 0.6 is 0 Å². The first-order valence-electron chi connectivity index (χ1n) is 15.6. The zero-order chi connectivity index (χ0) is 43.3. The maximum absolute atomic E-state index is 12.2. The smallest absolute Gasteiger partial charge is 0.425 e. The highest BCUT2D eigenvalue weighted by molar-refractivity contribution is 7.86. The van der Waals surface area contributed by atoms with Gasteiger partial charge in [-0.25, -0.2) is 0 Å². The van der Waals surface area contributed by atoms with Gasteiger partial charge in [-0.05, 0) is 101 Å². The Balaban J connectivity index is 0.000000852. The Bertz CT molecular complexity index is 3120. The van der Waals surface area contributed by atoms with Gasteiger partial charge in [0.25, 0.3) is 20.2 Å². The Labute approximate surface area is 331 Å². The Kier molecular flexibility index (Phi) is 13.4. The van der Waals surface area contributed by atoms with E-state index < -0.39 is 62.7 Å². The number of aryl methyl sites for hydroxylation is 2. The molecule has 58 heavy (non-hydrogen) atoms. The predicted octanol–water partition coefficient (Wildman–Crippen LogP) is 6.17. The average Bonchev–Trinajstić information content (AvgIpc) is 3.10. The van der Waals surface area contributed by atoms with E-state index in [4.69, 9.17) is 36.7 Å². The standard InChI is InChI=1S/C34H28N6O8S2.2O3S/c1-17-12-19(6-9-26(17)37-39-28-11-8-22-14-23(49(43,44)45)16-25(36)31(22)33(28)41)20-7-10-27(18(2)13-20)38-40-32-29(50(46,47)48)15-21-4-3-5-24(35)30(21)34(32)42;2*1-4(2)3/h3-16,41-42H,35-36H2,1-2H3,(H,43,44,45)(H,46,47,48);;. The van der Waals surface area contributed by atoms with Crippen LogP contribution in [0.1, 0.15) is 11.1 Å². The number of benzene rings is 6. The van der Waals surface area contributed by atoms with Gasteiger partial charge in [-0.2, -0.15) is 27.1 Å². The molecule has 0 bridgehead atoms. The fraction of sp³-hybridized carbons (Fsp3) is 0.0588. The Morgan fingerprint density at radius 1 is 0.534 bits per heavy atom. The Morgan fingerprint density at radius 3 is 1.50 bits per heavy atom. The molecule has 0 heterocycles. The van der Waals surface area contributed by atoms with Crippen molar-refractivity contribution in [1.29, 1.82) is 0 Å². The molecule has 0 saturated carbocycles. The van der Waals surface area contributed by atoms with E-state index in [0.717, 1.165) is 22.8 Å². The molecule has 6 aromatic carbocycles. The SMILES string of the molecule is Cc1cc(-c2ccc(N=Nc3c(S(=O)(=O)O)cc4cccc(N)c4c3O)c(C)c2)ccc1N=Nc1ccc2cc(S(=O)(=O)O)cc(N)c2c1O.O=S(=O)=O.O=S(=O)=O. The molecule has 0 radical (unpaired) electrons. The molecule has 0 aliphatic rings. The van der Waals surface area contributed by atoms with Crippen LogP contribution in [0.2, 0.25) is 0 Å². The summed E-state index contributed by atoms with van der Waals surface area (Å²) in [6.07, 6.45) is 0. The summed E-state index contributed by atoms with van der Waals surface area (Å²) in [5.41, 5.74) is 15.7. The number of hydrogen-bond donors (Lipinski definition) is 6. The predicted molar refractivity (Wildman–Crippen MR) is 209 cm³/mol. The minimum atomic E-state index is -4.78. The molecule has 6 rings (SSSR count). The number of nitrogens with two attached hydrogens (primary N) is 2. The van der Waals surface area contributed by atoms with Crippen molar-refractivity contribution in [2.75, 3.05) is 11.5 Å². The number of azo groups is 2. The summed E-state index contributed by atoms with van der Waals surface area (Å²) < 4.78 is 117. The number of hydrogen-bond acceptors (Lipinski definition) is 18. The van der Waals surface area contributed by atoms with Gasteiger partial charge < -0.3 is 21.7 Å². The number of phenolic OH excluding ortho intramolecular Hbond substituents is 2. The fourth-order valence-electron chi connectivity index (χ4n) is 5.50. The highest BCUT2D eigenvalue weighted by Gasteiger charge is 2.23. The molecule has 0 saturated heterocycles. The maximum Gasteiger partial charge on any atom is 0.425 e. The van der Waals surface area contributed by atoms with Crippen LogP contribution in [0, 0.1) is 13.8 Å². The number of nitrogen functional groups attached to an aromatic ring is 2. The summed E-state index contributed by atoms with van der Waals surface area (Å²) in [6.45, 7) is 3.61. The van der Waals surface area contributed by atoms with Gasteiger partial charge >= 0.3 is 21.2 Å². The van der Waals surface area contributed by atoms with E-state index in [2.05, 4.69) is 20.5 Å². The lowest BCUT2D eigenvalue weighted by Crippen LogP contribution is -2.00. The van der Waals surface area contributed by atoms with Crippen LogP contribution in [0.4, 0.5) is 34.1 Å². The Morgan fingerprint density at radius 2 is 1.00 bits per heavy atom. The molecule has 0 aliphatic carbocycles. The Hall–Kier alpha value is -6.70. The normalized spacial score (nSPS) is 11.6. The highest BCUT2D eigenvalue weighted by atomic mass is 32.2. The molecule has 8 N–H and O–H groups in total. The molecular formula is C34H28N6O14S4. The lowest BCUT2D eigenvalue weighted by atomic mass is 10.0. The molecule has 0 fully saturated rings. The van der Waals surface area contributed by atoms with Crippen LogP contribution < -0.4 is 11.5 Å². The van der Waals surface area contributed by atoms with Gasteiger partial charge in [0.2, 0.25) is 0 Å². The van der Waals surface area contributed by atoms with E-state index in [-0.39, 0.29) is 39.0 Å². The number of anilines is 2. The molecule has 0 aliphatic heterocycles. The van der Waals surface area contributed by atoms with Crippen LogP contribution in [0.25, 0.3) is 32.7 Å². The molecule has 0 aromatic heterocycles. The van der Waals surface area contributed by atoms with Crippen LogP contribution in [-0.2, 0) is 41.5 Å². The summed E-state index contributed by atoms with van der Waals surface area (Å²) in [5, 5.41) is 39.3. The van der Waals surface area contributed by atoms with Crippen molar-refractivity contribution in [3.63, 3.8) is 0 Å². The number of rotatable bonds is 7. The van der Waals surface area contributed by atoms with Crippen molar-refractivity contribution in [1.82, 2.24) is 0 Å². The second-order valence-corrected chi connectivity index (χ2v) is 15.5. The fourth-order valence-corrected chi connectivity index (χ4v) is 6.71. The molecule has 0 atom stereocenters. The first-order valence-corrected chi connectivity index (χ1v) is 20.5. The first kappa shape index (κ1) is 44.0.